The summed E-state index contributed by atoms with van der Waals surface area (Å²) in [6.07, 6.45) is 0. The number of rotatable bonds is 6. The number of aromatic hydroxyl groups is 1. The zero-order chi connectivity index (χ0) is 15.4. The molecule has 0 fully saturated rings. The monoisotopic (exact) mass is 312 g/mol. The largest absolute Gasteiger partial charge is 0.503 e. The lowest BCUT2D eigenvalue weighted by atomic mass is 10.1. The van der Waals surface area contributed by atoms with Crippen molar-refractivity contribution in [3.8, 4) is 5.75 Å². The summed E-state index contributed by atoms with van der Waals surface area (Å²) in [6.45, 7) is 1.00. The van der Waals surface area contributed by atoms with Gasteiger partial charge in [0.15, 0.2) is 17.4 Å². The summed E-state index contributed by atoms with van der Waals surface area (Å²) in [5, 5.41) is 14.3. The molecule has 0 saturated heterocycles. The summed E-state index contributed by atoms with van der Waals surface area (Å²) in [4.78, 5) is 3.33. The van der Waals surface area contributed by atoms with Gasteiger partial charge in [-0.25, -0.2) is 8.78 Å². The molecule has 2 aromatic rings. The highest BCUT2D eigenvalue weighted by Crippen LogP contribution is 2.23. The summed E-state index contributed by atoms with van der Waals surface area (Å²) in [7, 11) is 3.98. The van der Waals surface area contributed by atoms with Crippen molar-refractivity contribution in [2.24, 2.45) is 0 Å². The zero-order valence-corrected chi connectivity index (χ0v) is 12.8. The van der Waals surface area contributed by atoms with E-state index in [-0.39, 0.29) is 6.04 Å². The Hall–Kier alpha value is -1.50. The Kier molecular flexibility index (Phi) is 5.27. The first kappa shape index (κ1) is 15.9. The number of nitrogens with zero attached hydrogens (tertiary/aromatic N) is 1. The highest BCUT2D eigenvalue weighted by molar-refractivity contribution is 7.10. The molecule has 0 aliphatic rings. The molecule has 0 aliphatic carbocycles. The Morgan fingerprint density at radius 2 is 1.95 bits per heavy atom. The van der Waals surface area contributed by atoms with E-state index < -0.39 is 17.4 Å². The second-order valence-corrected chi connectivity index (χ2v) is 6.01. The molecule has 0 spiro atoms. The fourth-order valence-corrected chi connectivity index (χ4v) is 3.01. The van der Waals surface area contributed by atoms with Crippen molar-refractivity contribution in [1.82, 2.24) is 10.2 Å². The van der Waals surface area contributed by atoms with Crippen molar-refractivity contribution in [3.05, 3.63) is 51.7 Å². The van der Waals surface area contributed by atoms with Crippen LogP contribution in [-0.4, -0.2) is 30.6 Å². The lowest BCUT2D eigenvalue weighted by Crippen LogP contribution is -2.30. The molecule has 1 heterocycles. The first-order chi connectivity index (χ1) is 9.99. The van der Waals surface area contributed by atoms with E-state index in [4.69, 9.17) is 5.11 Å². The van der Waals surface area contributed by atoms with E-state index in [0.717, 1.165) is 12.1 Å². The molecule has 1 aromatic heterocycles. The standard InChI is InChI=1S/C15H18F2N2OS/c1-19(2)13(14-4-3-5-21-14)9-18-8-10-6-11(16)15(20)12(17)7-10/h3-7,13,18,20H,8-9H2,1-2H3. The molecule has 0 saturated carbocycles. The highest BCUT2D eigenvalue weighted by Gasteiger charge is 2.15. The molecule has 21 heavy (non-hydrogen) atoms. The summed E-state index contributed by atoms with van der Waals surface area (Å²) >= 11 is 1.68. The van der Waals surface area contributed by atoms with Gasteiger partial charge in [-0.15, -0.1) is 11.3 Å². The number of phenolic OH excluding ortho intramolecular Hbond substituents is 1. The molecular weight excluding hydrogens is 294 g/mol. The van der Waals surface area contributed by atoms with Crippen molar-refractivity contribution in [2.45, 2.75) is 12.6 Å². The van der Waals surface area contributed by atoms with Crippen LogP contribution in [0.2, 0.25) is 0 Å². The minimum absolute atomic E-state index is 0.205. The minimum atomic E-state index is -0.936. The Labute approximate surface area is 126 Å². The molecule has 6 heteroatoms. The molecule has 2 rings (SSSR count). The fourth-order valence-electron chi connectivity index (χ4n) is 2.09. The third kappa shape index (κ3) is 4.00. The molecule has 0 radical (unpaired) electrons. The van der Waals surface area contributed by atoms with Gasteiger partial charge >= 0.3 is 0 Å². The van der Waals surface area contributed by atoms with E-state index in [9.17, 15) is 8.78 Å². The van der Waals surface area contributed by atoms with Gasteiger partial charge in [0.25, 0.3) is 0 Å². The topological polar surface area (TPSA) is 35.5 Å². The number of nitrogens with one attached hydrogen (secondary N) is 1. The van der Waals surface area contributed by atoms with E-state index in [1.165, 1.54) is 4.88 Å². The van der Waals surface area contributed by atoms with Crippen LogP contribution in [0, 0.1) is 11.6 Å². The van der Waals surface area contributed by atoms with Crippen LogP contribution >= 0.6 is 11.3 Å². The lowest BCUT2D eigenvalue weighted by Gasteiger charge is -2.23. The lowest BCUT2D eigenvalue weighted by molar-refractivity contribution is 0.292. The van der Waals surface area contributed by atoms with E-state index in [2.05, 4.69) is 16.3 Å². The molecule has 0 bridgehead atoms. The van der Waals surface area contributed by atoms with Gasteiger partial charge in [0.1, 0.15) is 0 Å². The third-order valence-electron chi connectivity index (χ3n) is 3.24. The van der Waals surface area contributed by atoms with Crippen molar-refractivity contribution in [2.75, 3.05) is 20.6 Å². The normalized spacial score (nSPS) is 12.8. The number of hydrogen-bond acceptors (Lipinski definition) is 4. The van der Waals surface area contributed by atoms with Crippen LogP contribution < -0.4 is 5.32 Å². The van der Waals surface area contributed by atoms with E-state index in [0.29, 0.717) is 18.7 Å². The molecule has 2 N–H and O–H groups in total. The Morgan fingerprint density at radius 3 is 2.48 bits per heavy atom. The van der Waals surface area contributed by atoms with E-state index >= 15 is 0 Å². The van der Waals surface area contributed by atoms with Gasteiger partial charge in [-0.2, -0.15) is 0 Å². The van der Waals surface area contributed by atoms with Crippen LogP contribution in [0.15, 0.2) is 29.6 Å². The van der Waals surface area contributed by atoms with E-state index in [1.807, 2.05) is 25.5 Å². The molecule has 0 aliphatic heterocycles. The number of likely N-dealkylation sites (N-methyl/N-ethyl adjacent to an activating group) is 1. The van der Waals surface area contributed by atoms with Crippen molar-refractivity contribution in [1.29, 1.82) is 0 Å². The van der Waals surface area contributed by atoms with Gasteiger partial charge in [-0.1, -0.05) is 6.07 Å². The van der Waals surface area contributed by atoms with Crippen LogP contribution in [0.1, 0.15) is 16.5 Å². The maximum Gasteiger partial charge on any atom is 0.187 e. The maximum absolute atomic E-state index is 13.3. The highest BCUT2D eigenvalue weighted by atomic mass is 32.1. The SMILES string of the molecule is CN(C)C(CNCc1cc(F)c(O)c(F)c1)c1cccs1. The summed E-state index contributed by atoms with van der Waals surface area (Å²) in [6, 6.07) is 6.55. The number of benzene rings is 1. The molecule has 1 unspecified atom stereocenters. The number of hydrogen-bond donors (Lipinski definition) is 2. The van der Waals surface area contributed by atoms with Gasteiger partial charge in [-0.3, -0.25) is 0 Å². The number of phenols is 1. The Morgan fingerprint density at radius 1 is 1.29 bits per heavy atom. The smallest absolute Gasteiger partial charge is 0.187 e. The van der Waals surface area contributed by atoms with Gasteiger partial charge in [0.2, 0.25) is 0 Å². The van der Waals surface area contributed by atoms with Gasteiger partial charge < -0.3 is 15.3 Å². The summed E-state index contributed by atoms with van der Waals surface area (Å²) in [5.74, 6) is -2.80. The Bertz CT molecular complexity index is 564. The number of halogens is 2. The molecular formula is C15H18F2N2OS. The van der Waals surface area contributed by atoms with Crippen LogP contribution in [0.25, 0.3) is 0 Å². The first-order valence-electron chi connectivity index (χ1n) is 6.56. The van der Waals surface area contributed by atoms with Crippen molar-refractivity contribution in [3.63, 3.8) is 0 Å². The summed E-state index contributed by atoms with van der Waals surface area (Å²) in [5.41, 5.74) is 0.464. The van der Waals surface area contributed by atoms with Gasteiger partial charge in [0.05, 0.1) is 6.04 Å². The molecule has 1 atom stereocenters. The summed E-state index contributed by atoms with van der Waals surface area (Å²) < 4.78 is 26.5. The zero-order valence-electron chi connectivity index (χ0n) is 11.9. The average molecular weight is 312 g/mol. The first-order valence-corrected chi connectivity index (χ1v) is 7.44. The molecule has 114 valence electrons. The quantitative estimate of drug-likeness (QED) is 0.860. The van der Waals surface area contributed by atoms with Gasteiger partial charge in [0, 0.05) is 18.0 Å². The molecule has 0 amide bonds. The fraction of sp³-hybridized carbons (Fsp3) is 0.333. The second-order valence-electron chi connectivity index (χ2n) is 5.03. The van der Waals surface area contributed by atoms with Crippen molar-refractivity contribution < 1.29 is 13.9 Å². The molecule has 1 aromatic carbocycles. The maximum atomic E-state index is 13.3. The third-order valence-corrected chi connectivity index (χ3v) is 4.21. The average Bonchev–Trinajstić information content (AvgIpc) is 2.94. The number of thiophene rings is 1. The second kappa shape index (κ2) is 6.98. The van der Waals surface area contributed by atoms with Crippen LogP contribution in [0.5, 0.6) is 5.75 Å². The van der Waals surface area contributed by atoms with E-state index in [1.54, 1.807) is 11.3 Å². The van der Waals surface area contributed by atoms with Crippen LogP contribution in [0.3, 0.4) is 0 Å². The molecule has 3 nitrogen and oxygen atoms in total. The van der Waals surface area contributed by atoms with Crippen molar-refractivity contribution >= 4 is 11.3 Å². The predicted molar refractivity (Wildman–Crippen MR) is 80.5 cm³/mol. The van der Waals surface area contributed by atoms with Crippen LogP contribution in [-0.2, 0) is 6.54 Å². The predicted octanol–water partition coefficient (Wildman–Crippen LogP) is 3.12. The van der Waals surface area contributed by atoms with Crippen LogP contribution in [0.4, 0.5) is 8.78 Å². The van der Waals surface area contributed by atoms with Gasteiger partial charge in [-0.05, 0) is 43.2 Å². The Balaban J connectivity index is 1.97. The minimum Gasteiger partial charge on any atom is -0.503 e.